The number of phenols is 1. The Balaban J connectivity index is 2.08. The lowest BCUT2D eigenvalue weighted by Crippen LogP contribution is -2.25. The van der Waals surface area contributed by atoms with Crippen LogP contribution in [0.25, 0.3) is 11.6 Å². The van der Waals surface area contributed by atoms with Crippen molar-refractivity contribution in [1.82, 2.24) is 10.8 Å². The molecule has 2 rings (SSSR count). The van der Waals surface area contributed by atoms with Crippen molar-refractivity contribution in [2.24, 2.45) is 0 Å². The van der Waals surface area contributed by atoms with Gasteiger partial charge in [-0.25, -0.2) is 9.87 Å². The molecule has 154 valence electrons. The van der Waals surface area contributed by atoms with Crippen molar-refractivity contribution < 1.29 is 24.3 Å². The molecule has 0 heterocycles. The highest BCUT2D eigenvalue weighted by Crippen LogP contribution is 2.23. The van der Waals surface area contributed by atoms with E-state index in [0.29, 0.717) is 42.5 Å². The van der Waals surface area contributed by atoms with Gasteiger partial charge in [0.1, 0.15) is 11.6 Å². The molecule has 0 aromatic heterocycles. The van der Waals surface area contributed by atoms with Gasteiger partial charge in [-0.05, 0) is 54.3 Å². The van der Waals surface area contributed by atoms with Crippen LogP contribution in [0.1, 0.15) is 36.8 Å². The molecule has 0 bridgehead atoms. The molecule has 0 fully saturated rings. The molecule has 0 radical (unpaired) electrons. The maximum Gasteiger partial charge on any atom is 0.251 e. The van der Waals surface area contributed by atoms with E-state index in [1.54, 1.807) is 23.7 Å². The molecule has 0 unspecified atom stereocenters. The van der Waals surface area contributed by atoms with Crippen LogP contribution in [0.2, 0.25) is 5.02 Å². The van der Waals surface area contributed by atoms with Crippen LogP contribution < -0.4 is 10.8 Å². The van der Waals surface area contributed by atoms with Crippen LogP contribution in [0.3, 0.4) is 0 Å². The van der Waals surface area contributed by atoms with E-state index in [4.69, 9.17) is 16.8 Å². The average molecular weight is 421 g/mol. The number of carbonyl (C=O) groups is 2. The number of hydroxylamine groups is 1. The van der Waals surface area contributed by atoms with Crippen LogP contribution in [0.4, 0.5) is 4.39 Å². The third-order valence-corrected chi connectivity index (χ3v) is 4.46. The van der Waals surface area contributed by atoms with E-state index in [2.05, 4.69) is 5.32 Å². The van der Waals surface area contributed by atoms with E-state index in [9.17, 15) is 19.1 Å². The lowest BCUT2D eigenvalue weighted by molar-refractivity contribution is -0.129. The number of hydrogen-bond acceptors (Lipinski definition) is 4. The largest absolute Gasteiger partial charge is 0.508 e. The van der Waals surface area contributed by atoms with Gasteiger partial charge in [0.15, 0.2) is 0 Å². The molecular weight excluding hydrogens is 399 g/mol. The Bertz CT molecular complexity index is 885. The van der Waals surface area contributed by atoms with Gasteiger partial charge in [-0.2, -0.15) is 0 Å². The van der Waals surface area contributed by atoms with Crippen molar-refractivity contribution in [2.45, 2.75) is 25.7 Å². The Hall–Kier alpha value is -2.90. The van der Waals surface area contributed by atoms with Crippen molar-refractivity contribution in [3.8, 4) is 5.75 Å². The summed E-state index contributed by atoms with van der Waals surface area (Å²) in [5.74, 6) is -1.24. The average Bonchev–Trinajstić information content (AvgIpc) is 2.71. The minimum atomic E-state index is -0.547. The summed E-state index contributed by atoms with van der Waals surface area (Å²) >= 11 is 5.83. The first-order valence-corrected chi connectivity index (χ1v) is 9.46. The van der Waals surface area contributed by atoms with Gasteiger partial charge in [0, 0.05) is 18.5 Å². The zero-order valence-electron chi connectivity index (χ0n) is 15.6. The normalized spacial score (nSPS) is 11.2. The summed E-state index contributed by atoms with van der Waals surface area (Å²) in [4.78, 5) is 23.7. The number of carbonyl (C=O) groups excluding carboxylic acids is 2. The Kier molecular flexibility index (Phi) is 8.64. The third-order valence-electron chi connectivity index (χ3n) is 4.17. The second-order valence-electron chi connectivity index (χ2n) is 6.38. The van der Waals surface area contributed by atoms with Crippen molar-refractivity contribution in [3.63, 3.8) is 0 Å². The van der Waals surface area contributed by atoms with Gasteiger partial charge in [0.2, 0.25) is 5.91 Å². The zero-order valence-corrected chi connectivity index (χ0v) is 16.4. The fourth-order valence-electron chi connectivity index (χ4n) is 2.63. The number of phenolic OH excluding ortho intramolecular Hbond substituents is 1. The molecule has 0 spiro atoms. The Labute approximate surface area is 173 Å². The molecule has 0 aliphatic rings. The Morgan fingerprint density at radius 1 is 1.07 bits per heavy atom. The summed E-state index contributed by atoms with van der Waals surface area (Å²) in [5, 5.41) is 20.7. The summed E-state index contributed by atoms with van der Waals surface area (Å²) in [5.41, 5.74) is 3.06. The molecule has 2 aromatic carbocycles. The number of amides is 2. The van der Waals surface area contributed by atoms with Crippen LogP contribution in [0.5, 0.6) is 5.75 Å². The quantitative estimate of drug-likeness (QED) is 0.162. The second-order valence-corrected chi connectivity index (χ2v) is 6.79. The molecular formula is C21H22ClFN2O4. The van der Waals surface area contributed by atoms with Crippen LogP contribution in [0.15, 0.2) is 42.5 Å². The number of halogens is 2. The third kappa shape index (κ3) is 7.21. The number of benzene rings is 2. The molecule has 0 aliphatic heterocycles. The summed E-state index contributed by atoms with van der Waals surface area (Å²) in [6.45, 7) is 0.402. The fourth-order valence-corrected chi connectivity index (χ4v) is 2.82. The lowest BCUT2D eigenvalue weighted by atomic mass is 10.0. The Morgan fingerprint density at radius 3 is 2.45 bits per heavy atom. The van der Waals surface area contributed by atoms with Crippen LogP contribution in [-0.4, -0.2) is 28.7 Å². The van der Waals surface area contributed by atoms with E-state index in [-0.39, 0.29) is 23.1 Å². The van der Waals surface area contributed by atoms with Crippen LogP contribution >= 0.6 is 11.6 Å². The van der Waals surface area contributed by atoms with Gasteiger partial charge >= 0.3 is 0 Å². The fraction of sp³-hybridized carbons (Fsp3) is 0.238. The molecule has 29 heavy (non-hydrogen) atoms. The zero-order chi connectivity index (χ0) is 21.2. The minimum Gasteiger partial charge on any atom is -0.508 e. The van der Waals surface area contributed by atoms with E-state index >= 15 is 0 Å². The SMILES string of the molecule is O=C(CCCCCNC(=O)/C(=C/c1ccc(F)c(Cl)c1)c1ccc(O)cc1)NO. The molecule has 0 saturated heterocycles. The minimum absolute atomic E-state index is 0.0452. The van der Waals surface area contributed by atoms with Gasteiger partial charge in [0.05, 0.1) is 5.02 Å². The predicted molar refractivity (Wildman–Crippen MR) is 109 cm³/mol. The molecule has 6 nitrogen and oxygen atoms in total. The standard InChI is InChI=1S/C21H22ClFN2O4/c22-18-13-14(5-10-19(18)23)12-17(15-6-8-16(26)9-7-15)21(28)24-11-3-1-2-4-20(27)25-29/h5-10,12-13,26,29H,1-4,11H2,(H,24,28)(H,25,27)/b17-12+. The first-order valence-electron chi connectivity index (χ1n) is 9.08. The highest BCUT2D eigenvalue weighted by Gasteiger charge is 2.13. The molecule has 8 heteroatoms. The summed E-state index contributed by atoms with van der Waals surface area (Å²) in [6, 6.07) is 10.3. The molecule has 4 N–H and O–H groups in total. The number of nitrogens with one attached hydrogen (secondary N) is 2. The smallest absolute Gasteiger partial charge is 0.251 e. The number of hydrogen-bond donors (Lipinski definition) is 4. The first-order chi connectivity index (χ1) is 13.9. The van der Waals surface area contributed by atoms with E-state index in [1.807, 2.05) is 0 Å². The van der Waals surface area contributed by atoms with E-state index in [0.717, 1.165) is 0 Å². The van der Waals surface area contributed by atoms with Crippen LogP contribution in [-0.2, 0) is 9.59 Å². The van der Waals surface area contributed by atoms with E-state index < -0.39 is 11.7 Å². The van der Waals surface area contributed by atoms with Gasteiger partial charge in [-0.15, -0.1) is 0 Å². The predicted octanol–water partition coefficient (Wildman–Crippen LogP) is 3.91. The molecule has 0 saturated carbocycles. The van der Waals surface area contributed by atoms with Gasteiger partial charge in [0.25, 0.3) is 5.91 Å². The first kappa shape index (κ1) is 22.4. The van der Waals surface area contributed by atoms with Gasteiger partial charge in [-0.3, -0.25) is 14.8 Å². The maximum atomic E-state index is 13.4. The summed E-state index contributed by atoms with van der Waals surface area (Å²) in [7, 11) is 0. The molecule has 0 atom stereocenters. The summed E-state index contributed by atoms with van der Waals surface area (Å²) in [6.07, 6.45) is 3.78. The number of rotatable bonds is 9. The van der Waals surface area contributed by atoms with Crippen LogP contribution in [0, 0.1) is 5.82 Å². The van der Waals surface area contributed by atoms with Crippen molar-refractivity contribution in [1.29, 1.82) is 0 Å². The highest BCUT2D eigenvalue weighted by atomic mass is 35.5. The molecule has 2 aromatic rings. The van der Waals surface area contributed by atoms with E-state index in [1.165, 1.54) is 30.3 Å². The Morgan fingerprint density at radius 2 is 1.79 bits per heavy atom. The van der Waals surface area contributed by atoms with Crippen molar-refractivity contribution in [2.75, 3.05) is 6.54 Å². The molecule has 0 aliphatic carbocycles. The monoisotopic (exact) mass is 420 g/mol. The van der Waals surface area contributed by atoms with Crippen molar-refractivity contribution >= 4 is 35.1 Å². The molecule has 2 amide bonds. The second kappa shape index (κ2) is 11.2. The van der Waals surface area contributed by atoms with Gasteiger partial charge < -0.3 is 10.4 Å². The van der Waals surface area contributed by atoms with Crippen molar-refractivity contribution in [3.05, 3.63) is 64.4 Å². The number of unbranched alkanes of at least 4 members (excludes halogenated alkanes) is 2. The lowest BCUT2D eigenvalue weighted by Gasteiger charge is -2.10. The topological polar surface area (TPSA) is 98.7 Å². The highest BCUT2D eigenvalue weighted by molar-refractivity contribution is 6.31. The maximum absolute atomic E-state index is 13.4. The summed E-state index contributed by atoms with van der Waals surface area (Å²) < 4.78 is 13.4. The van der Waals surface area contributed by atoms with Gasteiger partial charge in [-0.1, -0.05) is 36.2 Å². The number of aromatic hydroxyl groups is 1.